The van der Waals surface area contributed by atoms with E-state index in [4.69, 9.17) is 4.84 Å². The summed E-state index contributed by atoms with van der Waals surface area (Å²) in [7, 11) is 1.95. The molecule has 1 aromatic rings. The van der Waals surface area contributed by atoms with Crippen molar-refractivity contribution < 1.29 is 4.84 Å². The van der Waals surface area contributed by atoms with Crippen molar-refractivity contribution in [3.8, 4) is 0 Å². The second-order valence-corrected chi connectivity index (χ2v) is 2.51. The zero-order valence-electron chi connectivity index (χ0n) is 6.27. The van der Waals surface area contributed by atoms with E-state index in [9.17, 15) is 0 Å². The molecule has 0 N–H and O–H groups in total. The van der Waals surface area contributed by atoms with Crippen LogP contribution in [0, 0.1) is 0 Å². The first-order valence-corrected chi connectivity index (χ1v) is 3.53. The fourth-order valence-electron chi connectivity index (χ4n) is 1.14. The smallest absolute Gasteiger partial charge is 0.189 e. The van der Waals surface area contributed by atoms with Gasteiger partial charge in [0.1, 0.15) is 0 Å². The molecular formula is C7H9N3O. The van der Waals surface area contributed by atoms with Crippen molar-refractivity contribution in [3.63, 3.8) is 0 Å². The minimum atomic E-state index is 0.0231. The Morgan fingerprint density at radius 2 is 2.64 bits per heavy atom. The summed E-state index contributed by atoms with van der Waals surface area (Å²) in [6, 6.07) is 0. The van der Waals surface area contributed by atoms with Gasteiger partial charge < -0.3 is 9.40 Å². The van der Waals surface area contributed by atoms with Crippen LogP contribution in [-0.4, -0.2) is 15.8 Å². The number of nitrogens with zero attached hydrogens (tertiary/aromatic N) is 3. The van der Waals surface area contributed by atoms with E-state index in [1.54, 1.807) is 12.4 Å². The largest absolute Gasteiger partial charge is 0.384 e. The van der Waals surface area contributed by atoms with Crippen molar-refractivity contribution in [2.24, 2.45) is 12.2 Å². The zero-order chi connectivity index (χ0) is 7.68. The van der Waals surface area contributed by atoms with Crippen molar-refractivity contribution in [2.75, 3.05) is 0 Å². The predicted molar refractivity (Wildman–Crippen MR) is 40.1 cm³/mol. The van der Waals surface area contributed by atoms with Crippen LogP contribution in [0.4, 0.5) is 0 Å². The number of hydrogen-bond acceptors (Lipinski definition) is 3. The molecule has 0 saturated carbocycles. The maximum absolute atomic E-state index is 5.06. The Morgan fingerprint density at radius 3 is 3.18 bits per heavy atom. The molecule has 1 atom stereocenters. The SMILES string of the molecule is Cn1ccnc1C1CC=NO1. The van der Waals surface area contributed by atoms with E-state index < -0.39 is 0 Å². The summed E-state index contributed by atoms with van der Waals surface area (Å²) in [6.07, 6.45) is 6.27. The van der Waals surface area contributed by atoms with Gasteiger partial charge in [0.2, 0.25) is 0 Å². The van der Waals surface area contributed by atoms with Crippen LogP contribution in [0.15, 0.2) is 17.5 Å². The third-order valence-corrected chi connectivity index (χ3v) is 1.73. The van der Waals surface area contributed by atoms with Crippen LogP contribution in [0.3, 0.4) is 0 Å². The standard InChI is InChI=1S/C7H9N3O/c1-10-5-4-8-7(10)6-2-3-9-11-6/h3-6H,2H2,1H3. The van der Waals surface area contributed by atoms with Crippen molar-refractivity contribution >= 4 is 6.21 Å². The molecule has 0 aromatic carbocycles. The van der Waals surface area contributed by atoms with Gasteiger partial charge in [0.25, 0.3) is 0 Å². The molecule has 0 fully saturated rings. The normalized spacial score (nSPS) is 22.1. The van der Waals surface area contributed by atoms with Gasteiger partial charge >= 0.3 is 0 Å². The molecule has 0 radical (unpaired) electrons. The van der Waals surface area contributed by atoms with E-state index in [2.05, 4.69) is 10.1 Å². The van der Waals surface area contributed by atoms with Gasteiger partial charge in [-0.2, -0.15) is 0 Å². The molecule has 11 heavy (non-hydrogen) atoms. The lowest BCUT2D eigenvalue weighted by molar-refractivity contribution is 0.0772. The van der Waals surface area contributed by atoms with Gasteiger partial charge in [0.15, 0.2) is 11.9 Å². The summed E-state index contributed by atoms with van der Waals surface area (Å²) in [5, 5.41) is 3.68. The fraction of sp³-hybridized carbons (Fsp3) is 0.429. The molecule has 0 amide bonds. The monoisotopic (exact) mass is 151 g/mol. The molecule has 1 aliphatic rings. The van der Waals surface area contributed by atoms with Crippen LogP contribution >= 0.6 is 0 Å². The Labute approximate surface area is 64.5 Å². The second kappa shape index (κ2) is 2.38. The number of hydrogen-bond donors (Lipinski definition) is 0. The first-order chi connectivity index (χ1) is 5.38. The summed E-state index contributed by atoms with van der Waals surface area (Å²) in [5.41, 5.74) is 0. The molecule has 58 valence electrons. The topological polar surface area (TPSA) is 39.4 Å². The van der Waals surface area contributed by atoms with Gasteiger partial charge in [-0.1, -0.05) is 5.16 Å². The number of rotatable bonds is 1. The summed E-state index contributed by atoms with van der Waals surface area (Å²) < 4.78 is 1.94. The van der Waals surface area contributed by atoms with E-state index in [0.717, 1.165) is 12.2 Å². The Hall–Kier alpha value is -1.32. The summed E-state index contributed by atoms with van der Waals surface area (Å²) in [4.78, 5) is 9.22. The van der Waals surface area contributed by atoms with Crippen molar-refractivity contribution in [1.29, 1.82) is 0 Å². The van der Waals surface area contributed by atoms with Crippen molar-refractivity contribution in [2.45, 2.75) is 12.5 Å². The van der Waals surface area contributed by atoms with E-state index in [0.29, 0.717) is 0 Å². The van der Waals surface area contributed by atoms with Crippen molar-refractivity contribution in [3.05, 3.63) is 18.2 Å². The lowest BCUT2D eigenvalue weighted by Crippen LogP contribution is -2.04. The molecule has 0 aliphatic carbocycles. The average Bonchev–Trinajstić information content (AvgIpc) is 2.55. The Balaban J connectivity index is 2.22. The molecule has 1 unspecified atom stereocenters. The minimum Gasteiger partial charge on any atom is -0.384 e. The molecular weight excluding hydrogens is 142 g/mol. The van der Waals surface area contributed by atoms with Crippen molar-refractivity contribution in [1.82, 2.24) is 9.55 Å². The highest BCUT2D eigenvalue weighted by Crippen LogP contribution is 2.21. The Kier molecular flexibility index (Phi) is 1.38. The number of imidazole rings is 1. The molecule has 4 nitrogen and oxygen atoms in total. The van der Waals surface area contributed by atoms with Gasteiger partial charge in [-0.25, -0.2) is 4.98 Å². The summed E-state index contributed by atoms with van der Waals surface area (Å²) >= 11 is 0. The van der Waals surface area contributed by atoms with Gasteiger partial charge in [0.05, 0.1) is 0 Å². The molecule has 2 rings (SSSR count). The van der Waals surface area contributed by atoms with Crippen LogP contribution in [0.5, 0.6) is 0 Å². The van der Waals surface area contributed by atoms with Gasteiger partial charge in [-0.05, 0) is 0 Å². The number of aryl methyl sites for hydroxylation is 1. The zero-order valence-corrected chi connectivity index (χ0v) is 6.27. The predicted octanol–water partition coefficient (Wildman–Crippen LogP) is 0.867. The quantitative estimate of drug-likeness (QED) is 0.597. The maximum atomic E-state index is 5.06. The highest BCUT2D eigenvalue weighted by molar-refractivity contribution is 5.58. The van der Waals surface area contributed by atoms with E-state index in [1.165, 1.54) is 0 Å². The summed E-state index contributed by atoms with van der Waals surface area (Å²) in [6.45, 7) is 0. The van der Waals surface area contributed by atoms with Gasteiger partial charge in [-0.15, -0.1) is 0 Å². The second-order valence-electron chi connectivity index (χ2n) is 2.51. The van der Waals surface area contributed by atoms with E-state index in [1.807, 2.05) is 17.8 Å². The maximum Gasteiger partial charge on any atom is 0.189 e. The molecule has 1 aliphatic heterocycles. The fourth-order valence-corrected chi connectivity index (χ4v) is 1.14. The average molecular weight is 151 g/mol. The van der Waals surface area contributed by atoms with Crippen LogP contribution in [-0.2, 0) is 11.9 Å². The minimum absolute atomic E-state index is 0.0231. The lowest BCUT2D eigenvalue weighted by atomic mass is 10.2. The lowest BCUT2D eigenvalue weighted by Gasteiger charge is -2.06. The molecule has 0 saturated heterocycles. The molecule has 1 aromatic heterocycles. The molecule has 2 heterocycles. The van der Waals surface area contributed by atoms with E-state index in [-0.39, 0.29) is 6.10 Å². The Morgan fingerprint density at radius 1 is 1.73 bits per heavy atom. The molecule has 4 heteroatoms. The first-order valence-electron chi connectivity index (χ1n) is 3.53. The summed E-state index contributed by atoms with van der Waals surface area (Å²) in [5.74, 6) is 0.933. The molecule has 0 spiro atoms. The van der Waals surface area contributed by atoms with Crippen LogP contribution in [0.25, 0.3) is 0 Å². The third kappa shape index (κ3) is 1.00. The highest BCUT2D eigenvalue weighted by atomic mass is 16.6. The van der Waals surface area contributed by atoms with Crippen LogP contribution < -0.4 is 0 Å². The highest BCUT2D eigenvalue weighted by Gasteiger charge is 2.19. The Bertz CT molecular complexity index is 271. The van der Waals surface area contributed by atoms with Gasteiger partial charge in [0, 0.05) is 32.1 Å². The number of oxime groups is 1. The van der Waals surface area contributed by atoms with Crippen LogP contribution in [0.2, 0.25) is 0 Å². The number of aromatic nitrogens is 2. The first kappa shape index (κ1) is 6.39. The van der Waals surface area contributed by atoms with Crippen LogP contribution in [0.1, 0.15) is 18.3 Å². The molecule has 0 bridgehead atoms. The van der Waals surface area contributed by atoms with Gasteiger partial charge in [-0.3, -0.25) is 0 Å². The van der Waals surface area contributed by atoms with E-state index >= 15 is 0 Å². The third-order valence-electron chi connectivity index (χ3n) is 1.73.